The number of carbonyl (C=O) groups is 3. The average Bonchev–Trinajstić information content (AvgIpc) is 3.13. The molecule has 3 rings (SSSR count). The monoisotopic (exact) mass is 470 g/mol. The van der Waals surface area contributed by atoms with Gasteiger partial charge < -0.3 is 20.1 Å². The van der Waals surface area contributed by atoms with Gasteiger partial charge >= 0.3 is 12.1 Å². The molecule has 0 bridgehead atoms. The second kappa shape index (κ2) is 11.2. The molecule has 0 spiro atoms. The highest BCUT2D eigenvalue weighted by molar-refractivity contribution is 7.98. The Kier molecular flexibility index (Phi) is 8.38. The van der Waals surface area contributed by atoms with Crippen molar-refractivity contribution >= 4 is 29.7 Å². The van der Waals surface area contributed by atoms with E-state index in [2.05, 4.69) is 17.4 Å². The normalized spacial score (nSPS) is 14.0. The first kappa shape index (κ1) is 24.6. The number of carbonyl (C=O) groups excluding carboxylic acids is 2. The number of carboxylic acid groups (broad SMARTS) is 1. The molecule has 2 aromatic rings. The summed E-state index contributed by atoms with van der Waals surface area (Å²) >= 11 is 1.55. The van der Waals surface area contributed by atoms with Gasteiger partial charge in [-0.05, 0) is 47.1 Å². The maximum atomic E-state index is 13.0. The van der Waals surface area contributed by atoms with E-state index in [0.717, 1.165) is 22.3 Å². The van der Waals surface area contributed by atoms with E-state index >= 15 is 0 Å². The fraction of sp³-hybridized carbons (Fsp3) is 0.400. The molecule has 0 heterocycles. The van der Waals surface area contributed by atoms with Gasteiger partial charge in [-0.15, -0.1) is 0 Å². The molecule has 2 N–H and O–H groups in total. The minimum Gasteiger partial charge on any atom is -0.480 e. The van der Waals surface area contributed by atoms with E-state index in [-0.39, 0.29) is 18.9 Å². The van der Waals surface area contributed by atoms with Gasteiger partial charge in [-0.1, -0.05) is 55.5 Å². The van der Waals surface area contributed by atoms with Crippen LogP contribution in [0.5, 0.6) is 0 Å². The number of fused-ring (bicyclic) bond motifs is 3. The summed E-state index contributed by atoms with van der Waals surface area (Å²) in [6.45, 7) is 1.85. The lowest BCUT2D eigenvalue weighted by atomic mass is 9.98. The molecule has 8 heteroatoms. The number of aliphatic carboxylic acids is 1. The van der Waals surface area contributed by atoms with Gasteiger partial charge in [-0.2, -0.15) is 11.8 Å². The third-order valence-electron chi connectivity index (χ3n) is 6.03. The van der Waals surface area contributed by atoms with E-state index in [1.165, 1.54) is 11.9 Å². The quantitative estimate of drug-likeness (QED) is 0.546. The number of alkyl carbamates (subject to hydrolysis) is 1. The second-order valence-corrected chi connectivity index (χ2v) is 9.00. The average molecular weight is 471 g/mol. The van der Waals surface area contributed by atoms with Crippen LogP contribution in [-0.2, 0) is 14.3 Å². The number of nitrogens with zero attached hydrogens (tertiary/aromatic N) is 1. The van der Waals surface area contributed by atoms with Crippen molar-refractivity contribution in [3.63, 3.8) is 0 Å². The smallest absolute Gasteiger partial charge is 0.407 e. The minimum absolute atomic E-state index is 0.0809. The first-order valence-electron chi connectivity index (χ1n) is 11.0. The van der Waals surface area contributed by atoms with E-state index in [9.17, 15) is 19.5 Å². The van der Waals surface area contributed by atoms with Crippen LogP contribution in [0.2, 0.25) is 0 Å². The summed E-state index contributed by atoms with van der Waals surface area (Å²) < 4.78 is 5.57. The van der Waals surface area contributed by atoms with Crippen LogP contribution in [0.25, 0.3) is 11.1 Å². The number of carboxylic acids is 1. The van der Waals surface area contributed by atoms with Gasteiger partial charge in [-0.3, -0.25) is 4.79 Å². The molecule has 2 aromatic carbocycles. The van der Waals surface area contributed by atoms with Crippen LogP contribution in [-0.4, -0.2) is 65.7 Å². The van der Waals surface area contributed by atoms with Crippen molar-refractivity contribution in [3.8, 4) is 11.1 Å². The lowest BCUT2D eigenvalue weighted by Crippen LogP contribution is -2.52. The van der Waals surface area contributed by atoms with Gasteiger partial charge in [0.15, 0.2) is 0 Å². The van der Waals surface area contributed by atoms with E-state index in [0.29, 0.717) is 12.2 Å². The molecule has 0 fully saturated rings. The van der Waals surface area contributed by atoms with Crippen LogP contribution >= 0.6 is 11.8 Å². The summed E-state index contributed by atoms with van der Waals surface area (Å²) in [7, 11) is 1.45. The number of rotatable bonds is 10. The SMILES string of the molecule is CCC(C(=O)O)N(C)C(=O)[C@H](CCSC)NC(=O)OCC1c2ccccc2-c2ccccc21. The first-order chi connectivity index (χ1) is 15.9. The summed E-state index contributed by atoms with van der Waals surface area (Å²) in [6.07, 6.45) is 1.88. The Morgan fingerprint density at radius 1 is 1.09 bits per heavy atom. The predicted octanol–water partition coefficient (Wildman–Crippen LogP) is 3.97. The fourth-order valence-corrected chi connectivity index (χ4v) is 4.76. The van der Waals surface area contributed by atoms with Gasteiger partial charge in [-0.25, -0.2) is 9.59 Å². The molecule has 33 heavy (non-hydrogen) atoms. The van der Waals surface area contributed by atoms with E-state index in [4.69, 9.17) is 4.74 Å². The maximum Gasteiger partial charge on any atom is 0.407 e. The third kappa shape index (κ3) is 5.50. The first-order valence-corrected chi connectivity index (χ1v) is 12.4. The molecule has 0 aliphatic heterocycles. The van der Waals surface area contributed by atoms with Crippen molar-refractivity contribution in [2.24, 2.45) is 0 Å². The highest BCUT2D eigenvalue weighted by atomic mass is 32.2. The summed E-state index contributed by atoms with van der Waals surface area (Å²) in [4.78, 5) is 38.3. The Morgan fingerprint density at radius 3 is 2.18 bits per heavy atom. The Labute approximate surface area is 198 Å². The van der Waals surface area contributed by atoms with E-state index in [1.807, 2.05) is 42.7 Å². The molecular weight excluding hydrogens is 440 g/mol. The fourth-order valence-electron chi connectivity index (χ4n) is 4.29. The van der Waals surface area contributed by atoms with Crippen molar-refractivity contribution in [1.82, 2.24) is 10.2 Å². The van der Waals surface area contributed by atoms with E-state index in [1.54, 1.807) is 18.7 Å². The maximum absolute atomic E-state index is 13.0. The molecule has 0 saturated carbocycles. The van der Waals surface area contributed by atoms with Crippen molar-refractivity contribution in [2.75, 3.05) is 25.7 Å². The highest BCUT2D eigenvalue weighted by Crippen LogP contribution is 2.44. The van der Waals surface area contributed by atoms with Crippen molar-refractivity contribution in [2.45, 2.75) is 37.8 Å². The summed E-state index contributed by atoms with van der Waals surface area (Å²) in [6, 6.07) is 14.3. The Morgan fingerprint density at radius 2 is 1.67 bits per heavy atom. The Bertz CT molecular complexity index is 966. The number of benzene rings is 2. The molecule has 0 aromatic heterocycles. The van der Waals surface area contributed by atoms with Crippen molar-refractivity contribution < 1.29 is 24.2 Å². The minimum atomic E-state index is -1.07. The summed E-state index contributed by atoms with van der Waals surface area (Å²) in [5, 5.41) is 12.1. The Hall–Kier alpha value is -3.00. The molecule has 1 aliphatic carbocycles. The number of amides is 2. The standard InChI is InChI=1S/C25H30N2O5S/c1-4-22(24(29)30)27(2)23(28)21(13-14-33-3)26-25(31)32-15-20-18-11-7-5-9-16(18)17-10-6-8-12-19(17)20/h5-12,20-22H,4,13-15H2,1-3H3,(H,26,31)(H,29,30)/t21-,22?/m0/s1. The van der Waals surface area contributed by atoms with Crippen molar-refractivity contribution in [1.29, 1.82) is 0 Å². The summed E-state index contributed by atoms with van der Waals surface area (Å²) in [5.41, 5.74) is 4.48. The highest BCUT2D eigenvalue weighted by Gasteiger charge is 2.32. The molecule has 2 amide bonds. The number of hydrogen-bond acceptors (Lipinski definition) is 5. The van der Waals surface area contributed by atoms with E-state index < -0.39 is 30.1 Å². The topological polar surface area (TPSA) is 95.9 Å². The third-order valence-corrected chi connectivity index (χ3v) is 6.68. The lowest BCUT2D eigenvalue weighted by molar-refractivity contribution is -0.149. The predicted molar refractivity (Wildman–Crippen MR) is 129 cm³/mol. The van der Waals surface area contributed by atoms with Crippen LogP contribution in [0.4, 0.5) is 4.79 Å². The van der Waals surface area contributed by atoms with Crippen LogP contribution in [0, 0.1) is 0 Å². The van der Waals surface area contributed by atoms with Gasteiger partial charge in [0.1, 0.15) is 18.7 Å². The number of nitrogens with one attached hydrogen (secondary N) is 1. The zero-order valence-corrected chi connectivity index (χ0v) is 19.9. The molecule has 2 atom stereocenters. The second-order valence-electron chi connectivity index (χ2n) is 8.02. The van der Waals surface area contributed by atoms with Gasteiger partial charge in [0.05, 0.1) is 0 Å². The lowest BCUT2D eigenvalue weighted by Gasteiger charge is -2.28. The molecule has 1 unspecified atom stereocenters. The van der Waals surface area contributed by atoms with Gasteiger partial charge in [0.2, 0.25) is 5.91 Å². The van der Waals surface area contributed by atoms with Gasteiger partial charge in [0, 0.05) is 13.0 Å². The van der Waals surface area contributed by atoms with Crippen molar-refractivity contribution in [3.05, 3.63) is 59.7 Å². The molecule has 0 saturated heterocycles. The largest absolute Gasteiger partial charge is 0.480 e. The van der Waals surface area contributed by atoms with Crippen LogP contribution in [0.3, 0.4) is 0 Å². The molecule has 1 aliphatic rings. The Balaban J connectivity index is 1.69. The number of hydrogen-bond donors (Lipinski definition) is 2. The van der Waals surface area contributed by atoms with Crippen LogP contribution < -0.4 is 5.32 Å². The molecule has 0 radical (unpaired) electrons. The molecule has 7 nitrogen and oxygen atoms in total. The molecular formula is C25H30N2O5S. The zero-order valence-electron chi connectivity index (χ0n) is 19.1. The van der Waals surface area contributed by atoms with Crippen LogP contribution in [0.1, 0.15) is 36.8 Å². The van der Waals surface area contributed by atoms with Gasteiger partial charge in [0.25, 0.3) is 0 Å². The summed E-state index contributed by atoms with van der Waals surface area (Å²) in [5.74, 6) is -0.954. The number of likely N-dealkylation sites (N-methyl/N-ethyl adjacent to an activating group) is 1. The zero-order chi connectivity index (χ0) is 24.0. The number of ether oxygens (including phenoxy) is 1. The molecule has 176 valence electrons. The number of thioether (sulfide) groups is 1. The van der Waals surface area contributed by atoms with Crippen LogP contribution in [0.15, 0.2) is 48.5 Å².